The molecule has 1 saturated heterocycles. The van der Waals surface area contributed by atoms with Gasteiger partial charge in [-0.3, -0.25) is 0 Å². The zero-order valence-electron chi connectivity index (χ0n) is 12.5. The van der Waals surface area contributed by atoms with E-state index in [0.29, 0.717) is 6.04 Å². The van der Waals surface area contributed by atoms with Crippen LogP contribution >= 0.6 is 0 Å². The van der Waals surface area contributed by atoms with Gasteiger partial charge in [-0.25, -0.2) is 4.79 Å². The highest BCUT2D eigenvalue weighted by Crippen LogP contribution is 2.14. The first-order valence-corrected chi connectivity index (χ1v) is 7.54. The molecule has 1 aromatic carbocycles. The number of piperidine rings is 1. The number of benzene rings is 1. The number of likely N-dealkylation sites (tertiary alicyclic amines) is 1. The van der Waals surface area contributed by atoms with Crippen molar-refractivity contribution in [2.45, 2.75) is 39.2 Å². The van der Waals surface area contributed by atoms with Crippen molar-refractivity contribution in [3.8, 4) is 0 Å². The zero-order chi connectivity index (χ0) is 14.4. The van der Waals surface area contributed by atoms with Crippen molar-refractivity contribution in [3.05, 3.63) is 29.8 Å². The van der Waals surface area contributed by atoms with Gasteiger partial charge in [0, 0.05) is 24.8 Å². The second-order valence-corrected chi connectivity index (χ2v) is 5.53. The molecule has 0 spiro atoms. The molecule has 0 atom stereocenters. The van der Waals surface area contributed by atoms with Gasteiger partial charge in [0.05, 0.1) is 0 Å². The van der Waals surface area contributed by atoms with Crippen LogP contribution < -0.4 is 10.6 Å². The molecule has 0 aromatic heterocycles. The van der Waals surface area contributed by atoms with Gasteiger partial charge in [0.1, 0.15) is 0 Å². The Morgan fingerprint density at radius 3 is 2.65 bits per heavy atom. The minimum absolute atomic E-state index is 0.0896. The van der Waals surface area contributed by atoms with Crippen LogP contribution in [-0.4, -0.2) is 36.6 Å². The summed E-state index contributed by atoms with van der Waals surface area (Å²) in [6, 6.07) is 8.05. The number of anilines is 1. The number of urea groups is 1. The summed E-state index contributed by atoms with van der Waals surface area (Å²) in [6.07, 6.45) is 3.29. The van der Waals surface area contributed by atoms with Gasteiger partial charge in [0.25, 0.3) is 0 Å². The minimum atomic E-state index is -0.0896. The largest absolute Gasteiger partial charge is 0.335 e. The van der Waals surface area contributed by atoms with Crippen LogP contribution in [0, 0.1) is 6.92 Å². The van der Waals surface area contributed by atoms with Gasteiger partial charge >= 0.3 is 6.03 Å². The SMILES string of the molecule is CCCN1CCC(NC(=O)Nc2ccccc2C)CC1. The van der Waals surface area contributed by atoms with E-state index in [-0.39, 0.29) is 6.03 Å². The first-order chi connectivity index (χ1) is 9.69. The van der Waals surface area contributed by atoms with E-state index in [0.717, 1.165) is 37.2 Å². The minimum Gasteiger partial charge on any atom is -0.335 e. The van der Waals surface area contributed by atoms with E-state index in [9.17, 15) is 4.79 Å². The maximum Gasteiger partial charge on any atom is 0.319 e. The van der Waals surface area contributed by atoms with Crippen molar-refractivity contribution < 1.29 is 4.79 Å². The number of carbonyl (C=O) groups excluding carboxylic acids is 1. The summed E-state index contributed by atoms with van der Waals surface area (Å²) in [4.78, 5) is 14.5. The average molecular weight is 275 g/mol. The summed E-state index contributed by atoms with van der Waals surface area (Å²) in [5, 5.41) is 6.01. The summed E-state index contributed by atoms with van der Waals surface area (Å²) >= 11 is 0. The molecule has 1 aromatic rings. The number of rotatable bonds is 4. The molecule has 0 bridgehead atoms. The Hall–Kier alpha value is -1.55. The Morgan fingerprint density at radius 1 is 1.30 bits per heavy atom. The molecule has 1 fully saturated rings. The van der Waals surface area contributed by atoms with Crippen molar-refractivity contribution >= 4 is 11.7 Å². The van der Waals surface area contributed by atoms with Gasteiger partial charge in [0.15, 0.2) is 0 Å². The van der Waals surface area contributed by atoms with Crippen LogP contribution in [0.5, 0.6) is 0 Å². The molecule has 0 saturated carbocycles. The summed E-state index contributed by atoms with van der Waals surface area (Å²) < 4.78 is 0. The molecule has 1 aliphatic rings. The number of hydrogen-bond donors (Lipinski definition) is 2. The third-order valence-corrected chi connectivity index (χ3v) is 3.86. The summed E-state index contributed by atoms with van der Waals surface area (Å²) in [5.41, 5.74) is 1.97. The monoisotopic (exact) mass is 275 g/mol. The highest BCUT2D eigenvalue weighted by Gasteiger charge is 2.20. The van der Waals surface area contributed by atoms with Gasteiger partial charge in [-0.1, -0.05) is 25.1 Å². The third kappa shape index (κ3) is 4.23. The first kappa shape index (κ1) is 14.9. The topological polar surface area (TPSA) is 44.4 Å². The lowest BCUT2D eigenvalue weighted by Crippen LogP contribution is -2.46. The second-order valence-electron chi connectivity index (χ2n) is 5.53. The van der Waals surface area contributed by atoms with Crippen LogP contribution in [0.1, 0.15) is 31.7 Å². The van der Waals surface area contributed by atoms with E-state index in [1.54, 1.807) is 0 Å². The number of nitrogens with zero attached hydrogens (tertiary/aromatic N) is 1. The number of para-hydroxylation sites is 1. The number of amides is 2. The fraction of sp³-hybridized carbons (Fsp3) is 0.562. The Bertz CT molecular complexity index is 439. The van der Waals surface area contributed by atoms with Crippen LogP contribution in [-0.2, 0) is 0 Å². The normalized spacial score (nSPS) is 16.9. The van der Waals surface area contributed by atoms with Gasteiger partial charge in [0.2, 0.25) is 0 Å². The first-order valence-electron chi connectivity index (χ1n) is 7.54. The molecule has 2 N–H and O–H groups in total. The summed E-state index contributed by atoms with van der Waals surface area (Å²) in [7, 11) is 0. The molecular formula is C16H25N3O. The Balaban J connectivity index is 1.77. The molecule has 1 aliphatic heterocycles. The molecule has 20 heavy (non-hydrogen) atoms. The standard InChI is InChI=1S/C16H25N3O/c1-3-10-19-11-8-14(9-12-19)17-16(20)18-15-7-5-4-6-13(15)2/h4-7,14H,3,8-12H2,1-2H3,(H2,17,18,20). The Kier molecular flexibility index (Phi) is 5.41. The van der Waals surface area contributed by atoms with E-state index in [4.69, 9.17) is 0 Å². The van der Waals surface area contributed by atoms with Gasteiger partial charge in [-0.2, -0.15) is 0 Å². The molecule has 0 unspecified atom stereocenters. The molecular weight excluding hydrogens is 250 g/mol. The quantitative estimate of drug-likeness (QED) is 0.887. The molecule has 110 valence electrons. The number of carbonyl (C=O) groups is 1. The number of aryl methyl sites for hydroxylation is 1. The van der Waals surface area contributed by atoms with Crippen LogP contribution in [0.4, 0.5) is 10.5 Å². The Labute approximate surface area is 121 Å². The van der Waals surface area contributed by atoms with Crippen molar-refractivity contribution in [1.29, 1.82) is 0 Å². The lowest BCUT2D eigenvalue weighted by molar-refractivity contribution is 0.196. The van der Waals surface area contributed by atoms with Crippen LogP contribution in [0.25, 0.3) is 0 Å². The van der Waals surface area contributed by atoms with Gasteiger partial charge in [-0.15, -0.1) is 0 Å². The summed E-state index contributed by atoms with van der Waals surface area (Å²) in [5.74, 6) is 0. The number of nitrogens with one attached hydrogen (secondary N) is 2. The smallest absolute Gasteiger partial charge is 0.319 e. The molecule has 1 heterocycles. The second kappa shape index (κ2) is 7.29. The molecule has 2 rings (SSSR count). The molecule has 4 heteroatoms. The average Bonchev–Trinajstić information content (AvgIpc) is 2.44. The highest BCUT2D eigenvalue weighted by atomic mass is 16.2. The predicted octanol–water partition coefficient (Wildman–Crippen LogP) is 2.99. The maximum absolute atomic E-state index is 12.0. The molecule has 2 amide bonds. The van der Waals surface area contributed by atoms with Crippen molar-refractivity contribution in [1.82, 2.24) is 10.2 Å². The van der Waals surface area contributed by atoms with E-state index in [2.05, 4.69) is 22.5 Å². The zero-order valence-corrected chi connectivity index (χ0v) is 12.5. The number of hydrogen-bond acceptors (Lipinski definition) is 2. The van der Waals surface area contributed by atoms with Crippen molar-refractivity contribution in [3.63, 3.8) is 0 Å². The molecule has 0 aliphatic carbocycles. The Morgan fingerprint density at radius 2 is 2.00 bits per heavy atom. The molecule has 4 nitrogen and oxygen atoms in total. The highest BCUT2D eigenvalue weighted by molar-refractivity contribution is 5.90. The third-order valence-electron chi connectivity index (χ3n) is 3.86. The van der Waals surface area contributed by atoms with E-state index >= 15 is 0 Å². The van der Waals surface area contributed by atoms with E-state index < -0.39 is 0 Å². The van der Waals surface area contributed by atoms with Crippen LogP contribution in [0.3, 0.4) is 0 Å². The van der Waals surface area contributed by atoms with Crippen LogP contribution in [0.15, 0.2) is 24.3 Å². The molecule has 0 radical (unpaired) electrons. The maximum atomic E-state index is 12.0. The fourth-order valence-corrected chi connectivity index (χ4v) is 2.67. The van der Waals surface area contributed by atoms with Crippen molar-refractivity contribution in [2.75, 3.05) is 25.0 Å². The van der Waals surface area contributed by atoms with Gasteiger partial charge < -0.3 is 15.5 Å². The van der Waals surface area contributed by atoms with Crippen molar-refractivity contribution in [2.24, 2.45) is 0 Å². The summed E-state index contributed by atoms with van der Waals surface area (Å²) in [6.45, 7) is 7.55. The van der Waals surface area contributed by atoms with E-state index in [1.165, 1.54) is 13.0 Å². The predicted molar refractivity (Wildman–Crippen MR) is 83.1 cm³/mol. The lowest BCUT2D eigenvalue weighted by atomic mass is 10.1. The lowest BCUT2D eigenvalue weighted by Gasteiger charge is -2.32. The van der Waals surface area contributed by atoms with Gasteiger partial charge in [-0.05, 0) is 44.4 Å². The van der Waals surface area contributed by atoms with E-state index in [1.807, 2.05) is 31.2 Å². The fourth-order valence-electron chi connectivity index (χ4n) is 2.67. The van der Waals surface area contributed by atoms with Crippen LogP contribution in [0.2, 0.25) is 0 Å².